The van der Waals surface area contributed by atoms with E-state index >= 15 is 0 Å². The first-order chi connectivity index (χ1) is 9.00. The highest BCUT2D eigenvalue weighted by Crippen LogP contribution is 2.31. The highest BCUT2D eigenvalue weighted by Gasteiger charge is 2.28. The van der Waals surface area contributed by atoms with E-state index in [-0.39, 0.29) is 10.2 Å². The topological polar surface area (TPSA) is 52.6 Å². The lowest BCUT2D eigenvalue weighted by Gasteiger charge is -2.11. The van der Waals surface area contributed by atoms with Gasteiger partial charge in [-0.15, -0.1) is 13.2 Å². The van der Waals surface area contributed by atoms with Gasteiger partial charge in [0.25, 0.3) is 9.05 Å². The van der Waals surface area contributed by atoms with Crippen molar-refractivity contribution in [3.05, 3.63) is 22.4 Å². The second-order valence-electron chi connectivity index (χ2n) is 3.29. The molecule has 0 N–H and O–H groups in total. The molecule has 0 aliphatic heterocycles. The molecule has 114 valence electrons. The summed E-state index contributed by atoms with van der Waals surface area (Å²) < 4.78 is 78.8. The van der Waals surface area contributed by atoms with Crippen molar-refractivity contribution in [3.8, 4) is 5.75 Å². The maximum atomic E-state index is 13.4. The number of halogens is 6. The lowest BCUT2D eigenvalue weighted by molar-refractivity contribution is -0.325. The monoisotopic (exact) mass is 400 g/mol. The number of hydrogen-bond acceptors (Lipinski definition) is 4. The molecule has 0 aliphatic carbocycles. The van der Waals surface area contributed by atoms with Crippen LogP contribution in [0.25, 0.3) is 0 Å². The molecule has 0 aliphatic rings. The maximum absolute atomic E-state index is 13.4. The SMILES string of the molecule is O=S(=O)(Cl)c1cc(Br)c(OCCOC(F)(F)F)cc1F. The van der Waals surface area contributed by atoms with Gasteiger partial charge in [0, 0.05) is 16.7 Å². The van der Waals surface area contributed by atoms with Crippen molar-refractivity contribution in [2.75, 3.05) is 13.2 Å². The van der Waals surface area contributed by atoms with Gasteiger partial charge in [-0.05, 0) is 22.0 Å². The van der Waals surface area contributed by atoms with E-state index < -0.39 is 39.3 Å². The Morgan fingerprint density at radius 2 is 1.85 bits per heavy atom. The van der Waals surface area contributed by atoms with Gasteiger partial charge < -0.3 is 4.74 Å². The third kappa shape index (κ3) is 5.43. The normalized spacial score (nSPS) is 12.5. The zero-order chi connectivity index (χ0) is 15.6. The second kappa shape index (κ2) is 6.46. The quantitative estimate of drug-likeness (QED) is 0.431. The predicted octanol–water partition coefficient (Wildman–Crippen LogP) is 3.43. The molecule has 0 amide bonds. The summed E-state index contributed by atoms with van der Waals surface area (Å²) in [6.45, 7) is -1.31. The first-order valence-corrected chi connectivity index (χ1v) is 7.88. The predicted molar refractivity (Wildman–Crippen MR) is 64.6 cm³/mol. The molecule has 0 saturated carbocycles. The van der Waals surface area contributed by atoms with Crippen molar-refractivity contribution in [1.29, 1.82) is 0 Å². The average molecular weight is 402 g/mol. The minimum absolute atomic E-state index is 0.0186. The molecular formula is C9H6BrClF4O4S. The van der Waals surface area contributed by atoms with Crippen LogP contribution < -0.4 is 4.74 Å². The Balaban J connectivity index is 2.76. The molecule has 20 heavy (non-hydrogen) atoms. The Labute approximate surface area is 124 Å². The molecule has 1 aromatic carbocycles. The molecule has 0 aromatic heterocycles. The summed E-state index contributed by atoms with van der Waals surface area (Å²) in [4.78, 5) is -0.773. The van der Waals surface area contributed by atoms with Gasteiger partial charge in [0.05, 0.1) is 11.1 Å². The minimum Gasteiger partial charge on any atom is -0.490 e. The van der Waals surface area contributed by atoms with E-state index in [9.17, 15) is 26.0 Å². The molecule has 0 fully saturated rings. The highest BCUT2D eigenvalue weighted by atomic mass is 79.9. The van der Waals surface area contributed by atoms with Crippen LogP contribution in [0.5, 0.6) is 5.75 Å². The minimum atomic E-state index is -4.79. The molecule has 1 aromatic rings. The van der Waals surface area contributed by atoms with Crippen molar-refractivity contribution in [1.82, 2.24) is 0 Å². The Kier molecular flexibility index (Phi) is 5.64. The van der Waals surface area contributed by atoms with E-state index in [0.717, 1.165) is 6.07 Å². The van der Waals surface area contributed by atoms with E-state index in [1.807, 2.05) is 0 Å². The van der Waals surface area contributed by atoms with Gasteiger partial charge in [0.15, 0.2) is 0 Å². The molecule has 0 heterocycles. The molecule has 1 rings (SSSR count). The summed E-state index contributed by atoms with van der Waals surface area (Å²) >= 11 is 2.89. The first kappa shape index (κ1) is 17.5. The molecule has 4 nitrogen and oxygen atoms in total. The van der Waals surface area contributed by atoms with Gasteiger partial charge in [-0.25, -0.2) is 12.8 Å². The molecule has 0 bridgehead atoms. The van der Waals surface area contributed by atoms with Crippen LogP contribution in [0.15, 0.2) is 21.5 Å². The average Bonchev–Trinajstić information content (AvgIpc) is 2.25. The third-order valence-corrected chi connectivity index (χ3v) is 3.81. The van der Waals surface area contributed by atoms with Crippen molar-refractivity contribution in [3.63, 3.8) is 0 Å². The van der Waals surface area contributed by atoms with E-state index in [1.165, 1.54) is 0 Å². The van der Waals surface area contributed by atoms with Gasteiger partial charge in [0.1, 0.15) is 23.1 Å². The number of hydrogen-bond donors (Lipinski definition) is 0. The van der Waals surface area contributed by atoms with Gasteiger partial charge in [-0.1, -0.05) is 0 Å². The Morgan fingerprint density at radius 1 is 1.25 bits per heavy atom. The largest absolute Gasteiger partial charge is 0.522 e. The van der Waals surface area contributed by atoms with Crippen molar-refractivity contribution in [2.24, 2.45) is 0 Å². The van der Waals surface area contributed by atoms with Crippen LogP contribution in [0.4, 0.5) is 17.6 Å². The van der Waals surface area contributed by atoms with Crippen molar-refractivity contribution < 1.29 is 35.5 Å². The fraction of sp³-hybridized carbons (Fsp3) is 0.333. The third-order valence-electron chi connectivity index (χ3n) is 1.86. The van der Waals surface area contributed by atoms with Crippen molar-refractivity contribution >= 4 is 35.7 Å². The number of rotatable bonds is 5. The number of benzene rings is 1. The molecule has 11 heteroatoms. The van der Waals surface area contributed by atoms with Gasteiger partial charge in [0.2, 0.25) is 0 Å². The molecule has 0 atom stereocenters. The standard InChI is InChI=1S/C9H6BrClF4O4S/c10-5-3-8(20(11,16)17)6(12)4-7(5)18-1-2-19-9(13,14)15/h3-4H,1-2H2. The summed E-state index contributed by atoms with van der Waals surface area (Å²) in [7, 11) is 0.712. The van der Waals surface area contributed by atoms with Gasteiger partial charge in [-0.2, -0.15) is 0 Å². The van der Waals surface area contributed by atoms with Crippen LogP contribution in [0.1, 0.15) is 0 Å². The maximum Gasteiger partial charge on any atom is 0.522 e. The Hall–Kier alpha value is -0.580. The fourth-order valence-corrected chi connectivity index (χ4v) is 2.63. The number of alkyl halides is 3. The van der Waals surface area contributed by atoms with Crippen LogP contribution in [-0.4, -0.2) is 28.0 Å². The van der Waals surface area contributed by atoms with Crippen LogP contribution in [0.2, 0.25) is 0 Å². The van der Waals surface area contributed by atoms with Crippen molar-refractivity contribution in [2.45, 2.75) is 11.3 Å². The summed E-state index contributed by atoms with van der Waals surface area (Å²) in [5.74, 6) is -1.37. The van der Waals surface area contributed by atoms with Gasteiger partial charge in [-0.3, -0.25) is 4.74 Å². The zero-order valence-electron chi connectivity index (χ0n) is 9.38. The van der Waals surface area contributed by atoms with E-state index in [1.54, 1.807) is 0 Å². The van der Waals surface area contributed by atoms with Crippen LogP contribution in [0.3, 0.4) is 0 Å². The number of ether oxygens (including phenoxy) is 2. The fourth-order valence-electron chi connectivity index (χ4n) is 1.12. The van der Waals surface area contributed by atoms with Crippen LogP contribution in [-0.2, 0) is 13.8 Å². The van der Waals surface area contributed by atoms with Crippen LogP contribution in [0, 0.1) is 5.82 Å². The lowest BCUT2D eigenvalue weighted by atomic mass is 10.3. The first-order valence-electron chi connectivity index (χ1n) is 4.78. The smallest absolute Gasteiger partial charge is 0.490 e. The van der Waals surface area contributed by atoms with Gasteiger partial charge >= 0.3 is 6.36 Å². The highest BCUT2D eigenvalue weighted by molar-refractivity contribution is 9.10. The summed E-state index contributed by atoms with van der Waals surface area (Å²) in [5, 5.41) is 0. The Morgan fingerprint density at radius 3 is 2.35 bits per heavy atom. The second-order valence-corrected chi connectivity index (χ2v) is 6.68. The summed E-state index contributed by atoms with van der Waals surface area (Å²) in [6, 6.07) is 1.53. The molecule has 0 radical (unpaired) electrons. The molecule has 0 unspecified atom stereocenters. The zero-order valence-corrected chi connectivity index (χ0v) is 12.5. The van der Waals surface area contributed by atoms with E-state index in [0.29, 0.717) is 6.07 Å². The lowest BCUT2D eigenvalue weighted by Crippen LogP contribution is -2.18. The summed E-state index contributed by atoms with van der Waals surface area (Å²) in [5.41, 5.74) is 0. The van der Waals surface area contributed by atoms with E-state index in [2.05, 4.69) is 20.7 Å². The molecule has 0 spiro atoms. The van der Waals surface area contributed by atoms with Crippen LogP contribution >= 0.6 is 26.6 Å². The summed E-state index contributed by atoms with van der Waals surface area (Å²) in [6.07, 6.45) is -4.79. The molecular weight excluding hydrogens is 396 g/mol. The van der Waals surface area contributed by atoms with E-state index in [4.69, 9.17) is 15.4 Å². The molecule has 0 saturated heterocycles. The Bertz CT molecular complexity index is 590.